The number of hydrogen-bond acceptors (Lipinski definition) is 2. The second-order valence-corrected chi connectivity index (χ2v) is 8.85. The normalized spacial score (nSPS) is 29.8. The molecule has 116 valence electrons. The van der Waals surface area contributed by atoms with E-state index >= 15 is 0 Å². The van der Waals surface area contributed by atoms with Crippen LogP contribution in [0.3, 0.4) is 0 Å². The number of halogens is 2. The minimum Gasteiger partial charge on any atom is -0.208 e. The highest BCUT2D eigenvalue weighted by Gasteiger charge is 2.42. The standard InChI is InChI=1S/C15H19Cl2NO2S/c1-9(13-7-10-2-3-11(13)6-10)18-21(19,20)12-4-5-14(16)15(17)8-12/h4-5,8-11,13,18H,2-3,6-7H2,1H3/t9-,10+,11+,13+/m1/s1. The highest BCUT2D eigenvalue weighted by molar-refractivity contribution is 7.89. The minimum atomic E-state index is -3.55. The fourth-order valence-electron chi connectivity index (χ4n) is 3.95. The van der Waals surface area contributed by atoms with Crippen molar-refractivity contribution in [1.82, 2.24) is 4.72 Å². The predicted octanol–water partition coefficient (Wildman–Crippen LogP) is 4.10. The van der Waals surface area contributed by atoms with Crippen LogP contribution in [0, 0.1) is 17.8 Å². The molecule has 2 fully saturated rings. The maximum Gasteiger partial charge on any atom is 0.240 e. The van der Waals surface area contributed by atoms with Crippen LogP contribution in [-0.2, 0) is 10.0 Å². The molecule has 1 aromatic rings. The quantitative estimate of drug-likeness (QED) is 0.891. The van der Waals surface area contributed by atoms with Crippen LogP contribution >= 0.6 is 23.2 Å². The molecule has 0 spiro atoms. The summed E-state index contributed by atoms with van der Waals surface area (Å²) in [5, 5.41) is 0.615. The summed E-state index contributed by atoms with van der Waals surface area (Å²) in [6, 6.07) is 4.37. The monoisotopic (exact) mass is 347 g/mol. The first-order valence-corrected chi connectivity index (χ1v) is 9.58. The molecule has 0 unspecified atom stereocenters. The van der Waals surface area contributed by atoms with Crippen molar-refractivity contribution < 1.29 is 8.42 Å². The molecule has 0 heterocycles. The lowest BCUT2D eigenvalue weighted by molar-refractivity contribution is 0.280. The van der Waals surface area contributed by atoms with Crippen molar-refractivity contribution >= 4 is 33.2 Å². The van der Waals surface area contributed by atoms with Crippen LogP contribution in [0.15, 0.2) is 23.1 Å². The van der Waals surface area contributed by atoms with E-state index in [4.69, 9.17) is 23.2 Å². The van der Waals surface area contributed by atoms with Crippen molar-refractivity contribution in [3.05, 3.63) is 28.2 Å². The first-order chi connectivity index (χ1) is 9.87. The third kappa shape index (κ3) is 3.09. The molecule has 2 bridgehead atoms. The van der Waals surface area contributed by atoms with Crippen molar-refractivity contribution in [3.63, 3.8) is 0 Å². The van der Waals surface area contributed by atoms with Gasteiger partial charge in [-0.2, -0.15) is 0 Å². The zero-order valence-corrected chi connectivity index (χ0v) is 14.2. The van der Waals surface area contributed by atoms with Gasteiger partial charge >= 0.3 is 0 Å². The summed E-state index contributed by atoms with van der Waals surface area (Å²) in [5.41, 5.74) is 0. The molecule has 0 amide bonds. The van der Waals surface area contributed by atoms with Crippen LogP contribution in [0.2, 0.25) is 10.0 Å². The molecule has 3 nitrogen and oxygen atoms in total. The van der Waals surface area contributed by atoms with Crippen molar-refractivity contribution in [2.75, 3.05) is 0 Å². The molecule has 1 aromatic carbocycles. The number of nitrogens with one attached hydrogen (secondary N) is 1. The van der Waals surface area contributed by atoms with Gasteiger partial charge < -0.3 is 0 Å². The Morgan fingerprint density at radius 3 is 2.52 bits per heavy atom. The summed E-state index contributed by atoms with van der Waals surface area (Å²) in [4.78, 5) is 0.173. The second-order valence-electron chi connectivity index (χ2n) is 6.32. The molecule has 6 heteroatoms. The molecular formula is C15H19Cl2NO2S. The topological polar surface area (TPSA) is 46.2 Å². The van der Waals surface area contributed by atoms with E-state index in [0.29, 0.717) is 16.9 Å². The fraction of sp³-hybridized carbons (Fsp3) is 0.600. The van der Waals surface area contributed by atoms with Gasteiger partial charge in [0.15, 0.2) is 0 Å². The second kappa shape index (κ2) is 5.73. The number of fused-ring (bicyclic) bond motifs is 2. The summed E-state index contributed by atoms with van der Waals surface area (Å²) < 4.78 is 27.7. The van der Waals surface area contributed by atoms with E-state index < -0.39 is 10.0 Å². The molecule has 2 aliphatic carbocycles. The molecule has 2 saturated carbocycles. The third-order valence-corrected chi connectivity index (χ3v) is 7.27. The van der Waals surface area contributed by atoms with Gasteiger partial charge in [0.2, 0.25) is 10.0 Å². The Kier molecular flexibility index (Phi) is 4.25. The first-order valence-electron chi connectivity index (χ1n) is 7.34. The summed E-state index contributed by atoms with van der Waals surface area (Å²) in [6.45, 7) is 1.97. The maximum absolute atomic E-state index is 12.5. The molecule has 0 aliphatic heterocycles. The lowest BCUT2D eigenvalue weighted by Crippen LogP contribution is -2.40. The SMILES string of the molecule is C[C@@H](NS(=O)(=O)c1ccc(Cl)c(Cl)c1)[C@@H]1C[C@H]2CC[C@H]1C2. The smallest absolute Gasteiger partial charge is 0.208 e. The fourth-order valence-corrected chi connectivity index (χ4v) is 5.63. The predicted molar refractivity (Wildman–Crippen MR) is 85.2 cm³/mol. The van der Waals surface area contributed by atoms with Crippen LogP contribution in [0.4, 0.5) is 0 Å². The van der Waals surface area contributed by atoms with Crippen molar-refractivity contribution in [2.24, 2.45) is 17.8 Å². The molecule has 2 aliphatic rings. The van der Waals surface area contributed by atoms with E-state index in [-0.39, 0.29) is 16.0 Å². The Hall–Kier alpha value is -0.290. The highest BCUT2D eigenvalue weighted by atomic mass is 35.5. The number of hydrogen-bond donors (Lipinski definition) is 1. The van der Waals surface area contributed by atoms with Gasteiger partial charge in [0.05, 0.1) is 14.9 Å². The Bertz CT molecular complexity index is 647. The molecule has 0 saturated heterocycles. The lowest BCUT2D eigenvalue weighted by atomic mass is 9.84. The van der Waals surface area contributed by atoms with Crippen LogP contribution in [0.1, 0.15) is 32.6 Å². The largest absolute Gasteiger partial charge is 0.240 e. The van der Waals surface area contributed by atoms with E-state index in [9.17, 15) is 8.42 Å². The number of rotatable bonds is 4. The number of sulfonamides is 1. The van der Waals surface area contributed by atoms with E-state index in [1.165, 1.54) is 37.5 Å². The molecular weight excluding hydrogens is 329 g/mol. The van der Waals surface area contributed by atoms with Crippen molar-refractivity contribution in [3.8, 4) is 0 Å². The van der Waals surface area contributed by atoms with Gasteiger partial charge in [-0.25, -0.2) is 13.1 Å². The Labute approximate surface area is 136 Å². The Balaban J connectivity index is 1.75. The van der Waals surface area contributed by atoms with Crippen LogP contribution in [-0.4, -0.2) is 14.5 Å². The van der Waals surface area contributed by atoms with Gasteiger partial charge in [-0.05, 0) is 62.1 Å². The Morgan fingerprint density at radius 1 is 1.19 bits per heavy atom. The molecule has 0 radical (unpaired) electrons. The van der Waals surface area contributed by atoms with E-state index in [2.05, 4.69) is 4.72 Å². The van der Waals surface area contributed by atoms with Gasteiger partial charge in [0.1, 0.15) is 0 Å². The summed E-state index contributed by atoms with van der Waals surface area (Å²) >= 11 is 11.7. The third-order valence-electron chi connectivity index (χ3n) is 4.98. The molecule has 0 aromatic heterocycles. The molecule has 21 heavy (non-hydrogen) atoms. The average Bonchev–Trinajstić information content (AvgIpc) is 3.03. The van der Waals surface area contributed by atoms with Crippen LogP contribution in [0.25, 0.3) is 0 Å². The summed E-state index contributed by atoms with van der Waals surface area (Å²) in [6.07, 6.45) is 4.97. The van der Waals surface area contributed by atoms with Gasteiger partial charge in [-0.1, -0.05) is 29.6 Å². The van der Waals surface area contributed by atoms with Gasteiger partial charge in [-0.15, -0.1) is 0 Å². The first kappa shape index (κ1) is 15.6. The van der Waals surface area contributed by atoms with E-state index in [0.717, 1.165) is 12.3 Å². The van der Waals surface area contributed by atoms with Crippen LogP contribution in [0.5, 0.6) is 0 Å². The zero-order chi connectivity index (χ0) is 15.2. The van der Waals surface area contributed by atoms with Crippen LogP contribution < -0.4 is 4.72 Å². The number of benzene rings is 1. The molecule has 4 atom stereocenters. The molecule has 1 N–H and O–H groups in total. The highest BCUT2D eigenvalue weighted by Crippen LogP contribution is 2.49. The maximum atomic E-state index is 12.5. The van der Waals surface area contributed by atoms with Crippen molar-refractivity contribution in [1.29, 1.82) is 0 Å². The van der Waals surface area contributed by atoms with Gasteiger partial charge in [0.25, 0.3) is 0 Å². The van der Waals surface area contributed by atoms with E-state index in [1.807, 2.05) is 6.92 Å². The minimum absolute atomic E-state index is 0.0419. The molecule has 3 rings (SSSR count). The van der Waals surface area contributed by atoms with Gasteiger partial charge in [-0.3, -0.25) is 0 Å². The van der Waals surface area contributed by atoms with Gasteiger partial charge in [0, 0.05) is 6.04 Å². The average molecular weight is 348 g/mol. The summed E-state index contributed by atoms with van der Waals surface area (Å²) in [7, 11) is -3.55. The van der Waals surface area contributed by atoms with Crippen molar-refractivity contribution in [2.45, 2.75) is 43.5 Å². The Morgan fingerprint density at radius 2 is 1.95 bits per heavy atom. The zero-order valence-electron chi connectivity index (χ0n) is 11.9. The van der Waals surface area contributed by atoms with E-state index in [1.54, 1.807) is 0 Å². The summed E-state index contributed by atoms with van der Waals surface area (Å²) in [5.74, 6) is 1.94. The lowest BCUT2D eigenvalue weighted by Gasteiger charge is -2.28.